The number of methoxy groups -OCH3 is 3. The van der Waals surface area contributed by atoms with E-state index in [9.17, 15) is 4.79 Å². The van der Waals surface area contributed by atoms with Crippen molar-refractivity contribution in [3.8, 4) is 17.2 Å². The zero-order valence-corrected chi connectivity index (χ0v) is 15.2. The minimum absolute atomic E-state index is 0. The fourth-order valence-electron chi connectivity index (χ4n) is 2.89. The first-order valence-electron chi connectivity index (χ1n) is 7.68. The number of rotatable bonds is 5. The summed E-state index contributed by atoms with van der Waals surface area (Å²) < 4.78 is 16.0. The molecule has 0 fully saturated rings. The molecular weight excluding hydrogens is 344 g/mol. The van der Waals surface area contributed by atoms with Gasteiger partial charge in [-0.1, -0.05) is 6.08 Å². The number of fused-ring (bicyclic) bond motifs is 1. The first-order valence-corrected chi connectivity index (χ1v) is 7.68. The van der Waals surface area contributed by atoms with E-state index in [0.29, 0.717) is 35.9 Å². The van der Waals surface area contributed by atoms with E-state index in [-0.39, 0.29) is 24.1 Å². The molecule has 2 aliphatic rings. The normalized spacial score (nSPS) is 18.0. The van der Waals surface area contributed by atoms with Crippen molar-refractivity contribution in [3.05, 3.63) is 42.1 Å². The Labute approximate surface area is 153 Å². The van der Waals surface area contributed by atoms with Crippen LogP contribution in [0.15, 0.2) is 41.6 Å². The number of nitrogens with zero attached hydrogens (tertiary/aromatic N) is 2. The topological polar surface area (TPSA) is 60.4 Å². The van der Waals surface area contributed by atoms with E-state index in [4.69, 9.17) is 14.2 Å². The minimum Gasteiger partial charge on any atom is -0.493 e. The standard InChI is InChI=1S/C18H20N2O4.ClH/c1-22-14-8-12(9-15(23-2)18(14)24-3)17(21)13-10-19-16-6-4-5-7-20(16)11-13;/h4-9,13H,10-11H2,1-3H3;1H. The minimum atomic E-state index is -0.215. The first-order chi connectivity index (χ1) is 11.7. The van der Waals surface area contributed by atoms with Gasteiger partial charge >= 0.3 is 0 Å². The Hall–Kier alpha value is -2.47. The Balaban J connectivity index is 0.00000225. The second-order valence-corrected chi connectivity index (χ2v) is 5.53. The summed E-state index contributed by atoms with van der Waals surface area (Å²) in [6, 6.07) is 3.38. The van der Waals surface area contributed by atoms with Gasteiger partial charge in [-0.25, -0.2) is 0 Å². The number of benzene rings is 1. The van der Waals surface area contributed by atoms with E-state index in [1.165, 1.54) is 21.3 Å². The highest BCUT2D eigenvalue weighted by Crippen LogP contribution is 2.38. The molecule has 0 spiro atoms. The molecule has 2 aliphatic heterocycles. The predicted octanol–water partition coefficient (Wildman–Crippen LogP) is 2.73. The molecule has 0 aliphatic carbocycles. The van der Waals surface area contributed by atoms with Crippen molar-refractivity contribution in [2.75, 3.05) is 34.4 Å². The van der Waals surface area contributed by atoms with Crippen molar-refractivity contribution in [1.29, 1.82) is 0 Å². The largest absolute Gasteiger partial charge is 0.493 e. The lowest BCUT2D eigenvalue weighted by Crippen LogP contribution is -2.40. The number of amidine groups is 1. The van der Waals surface area contributed by atoms with Crippen LogP contribution in [-0.2, 0) is 0 Å². The zero-order valence-electron chi connectivity index (χ0n) is 14.4. The third-order valence-electron chi connectivity index (χ3n) is 4.13. The lowest BCUT2D eigenvalue weighted by molar-refractivity contribution is 0.0908. The Morgan fingerprint density at radius 1 is 1.12 bits per heavy atom. The van der Waals surface area contributed by atoms with Crippen molar-refractivity contribution in [3.63, 3.8) is 0 Å². The number of Topliss-reactive ketones (excluding diaryl/α,β-unsaturated/α-hetero) is 1. The van der Waals surface area contributed by atoms with Crippen LogP contribution in [-0.4, -0.2) is 50.9 Å². The third-order valence-corrected chi connectivity index (χ3v) is 4.13. The molecule has 1 aromatic rings. The van der Waals surface area contributed by atoms with Crippen LogP contribution in [0.2, 0.25) is 0 Å². The number of halogens is 1. The van der Waals surface area contributed by atoms with Gasteiger partial charge in [-0.3, -0.25) is 9.79 Å². The van der Waals surface area contributed by atoms with E-state index in [2.05, 4.69) is 4.99 Å². The van der Waals surface area contributed by atoms with Crippen LogP contribution in [0.4, 0.5) is 0 Å². The van der Waals surface area contributed by atoms with E-state index >= 15 is 0 Å². The molecule has 0 bridgehead atoms. The number of hydrogen-bond donors (Lipinski definition) is 0. The molecule has 134 valence electrons. The number of ether oxygens (including phenoxy) is 3. The molecule has 1 aromatic carbocycles. The summed E-state index contributed by atoms with van der Waals surface area (Å²) in [6.45, 7) is 1.08. The average Bonchev–Trinajstić information content (AvgIpc) is 2.65. The molecule has 0 amide bonds. The van der Waals surface area contributed by atoms with Crippen LogP contribution in [0.1, 0.15) is 10.4 Å². The van der Waals surface area contributed by atoms with Crippen LogP contribution >= 0.6 is 12.4 Å². The molecule has 7 heteroatoms. The van der Waals surface area contributed by atoms with Crippen molar-refractivity contribution < 1.29 is 19.0 Å². The van der Waals surface area contributed by atoms with Crippen LogP contribution in [0, 0.1) is 5.92 Å². The lowest BCUT2D eigenvalue weighted by Gasteiger charge is -2.30. The monoisotopic (exact) mass is 364 g/mol. The van der Waals surface area contributed by atoms with E-state index < -0.39 is 0 Å². The van der Waals surface area contributed by atoms with Gasteiger partial charge in [0.1, 0.15) is 5.84 Å². The maximum Gasteiger partial charge on any atom is 0.203 e. The maximum absolute atomic E-state index is 12.9. The van der Waals surface area contributed by atoms with Gasteiger partial charge in [0.2, 0.25) is 5.75 Å². The molecule has 2 heterocycles. The summed E-state index contributed by atoms with van der Waals surface area (Å²) in [5.74, 6) is 2.12. The zero-order chi connectivity index (χ0) is 17.1. The van der Waals surface area contributed by atoms with Gasteiger partial charge < -0.3 is 19.1 Å². The molecule has 1 atom stereocenters. The first kappa shape index (κ1) is 18.9. The van der Waals surface area contributed by atoms with Crippen LogP contribution in [0.25, 0.3) is 0 Å². The van der Waals surface area contributed by atoms with Crippen LogP contribution in [0.3, 0.4) is 0 Å². The smallest absolute Gasteiger partial charge is 0.203 e. The fourth-order valence-corrected chi connectivity index (χ4v) is 2.89. The van der Waals surface area contributed by atoms with Gasteiger partial charge in [0, 0.05) is 18.3 Å². The average molecular weight is 365 g/mol. The summed E-state index contributed by atoms with van der Waals surface area (Å²) in [4.78, 5) is 19.4. The van der Waals surface area contributed by atoms with E-state index in [0.717, 1.165) is 5.84 Å². The molecule has 0 radical (unpaired) electrons. The Bertz CT molecular complexity index is 718. The predicted molar refractivity (Wildman–Crippen MR) is 98.5 cm³/mol. The lowest BCUT2D eigenvalue weighted by atomic mass is 9.95. The molecule has 0 saturated heterocycles. The van der Waals surface area contributed by atoms with Crippen LogP contribution < -0.4 is 14.2 Å². The summed E-state index contributed by atoms with van der Waals surface area (Å²) >= 11 is 0. The second-order valence-electron chi connectivity index (χ2n) is 5.53. The Morgan fingerprint density at radius 3 is 2.40 bits per heavy atom. The van der Waals surface area contributed by atoms with Crippen molar-refractivity contribution in [2.45, 2.75) is 0 Å². The summed E-state index contributed by atoms with van der Waals surface area (Å²) in [7, 11) is 4.61. The van der Waals surface area contributed by atoms with Gasteiger partial charge in [0.15, 0.2) is 17.3 Å². The number of ketones is 1. The second kappa shape index (κ2) is 8.07. The SMILES string of the molecule is COc1cc(C(=O)C2CN=C3C=CC=CN3C2)cc(OC)c1OC.Cl. The molecule has 25 heavy (non-hydrogen) atoms. The number of carbonyl (C=O) groups is 1. The van der Waals surface area contributed by atoms with Gasteiger partial charge in [-0.15, -0.1) is 12.4 Å². The molecule has 0 aromatic heterocycles. The fraction of sp³-hybridized carbons (Fsp3) is 0.333. The van der Waals surface area contributed by atoms with Gasteiger partial charge in [-0.05, 0) is 24.3 Å². The molecule has 3 rings (SSSR count). The summed E-state index contributed by atoms with van der Waals surface area (Å²) in [6.07, 6.45) is 7.76. The Kier molecular flexibility index (Phi) is 6.09. The number of aliphatic imine (C=N–C) groups is 1. The van der Waals surface area contributed by atoms with Gasteiger partial charge in [-0.2, -0.15) is 0 Å². The summed E-state index contributed by atoms with van der Waals surface area (Å²) in [5, 5.41) is 0. The molecule has 0 N–H and O–H groups in total. The van der Waals surface area contributed by atoms with Crippen molar-refractivity contribution in [2.24, 2.45) is 10.9 Å². The molecule has 0 saturated carbocycles. The number of hydrogen-bond acceptors (Lipinski definition) is 6. The third kappa shape index (κ3) is 3.64. The van der Waals surface area contributed by atoms with Gasteiger partial charge in [0.25, 0.3) is 0 Å². The van der Waals surface area contributed by atoms with Gasteiger partial charge in [0.05, 0.1) is 33.8 Å². The maximum atomic E-state index is 12.9. The molecule has 6 nitrogen and oxygen atoms in total. The number of carbonyl (C=O) groups excluding carboxylic acids is 1. The van der Waals surface area contributed by atoms with E-state index in [1.807, 2.05) is 29.3 Å². The highest BCUT2D eigenvalue weighted by atomic mass is 35.5. The van der Waals surface area contributed by atoms with Crippen molar-refractivity contribution in [1.82, 2.24) is 4.90 Å². The summed E-state index contributed by atoms with van der Waals surface area (Å²) in [5.41, 5.74) is 0.532. The van der Waals surface area contributed by atoms with Crippen molar-refractivity contribution >= 4 is 24.0 Å². The number of allylic oxidation sites excluding steroid dienone is 2. The quantitative estimate of drug-likeness (QED) is 0.752. The van der Waals surface area contributed by atoms with E-state index in [1.54, 1.807) is 12.1 Å². The highest BCUT2D eigenvalue weighted by Gasteiger charge is 2.28. The highest BCUT2D eigenvalue weighted by molar-refractivity contribution is 6.01. The van der Waals surface area contributed by atoms with Crippen LogP contribution in [0.5, 0.6) is 17.2 Å². The molecular formula is C18H21ClN2O4. The molecule has 1 unspecified atom stereocenters. The Morgan fingerprint density at radius 2 is 1.80 bits per heavy atom.